The first-order valence-corrected chi connectivity index (χ1v) is 7.02. The van der Waals surface area contributed by atoms with Crippen molar-refractivity contribution >= 4 is 22.0 Å². The Hall–Kier alpha value is -1.10. The molecule has 1 saturated carbocycles. The minimum atomic E-state index is -0.845. The summed E-state index contributed by atoms with van der Waals surface area (Å²) in [5, 5.41) is 9.26. The molecule has 0 aliphatic heterocycles. The van der Waals surface area contributed by atoms with Crippen LogP contribution in [0.5, 0.6) is 0 Å². The highest BCUT2D eigenvalue weighted by Gasteiger charge is 2.21. The van der Waals surface area contributed by atoms with Gasteiger partial charge in [0.2, 0.25) is 0 Å². The molecule has 1 aliphatic rings. The van der Waals surface area contributed by atoms with Crippen molar-refractivity contribution in [3.05, 3.63) is 28.5 Å². The summed E-state index contributed by atoms with van der Waals surface area (Å²) in [6.45, 7) is 1.06. The van der Waals surface area contributed by atoms with E-state index in [0.717, 1.165) is 22.9 Å². The van der Waals surface area contributed by atoms with E-state index in [0.29, 0.717) is 19.0 Å². The molecule has 1 N–H and O–H groups in total. The highest BCUT2D eigenvalue weighted by molar-refractivity contribution is 9.10. The molecule has 1 fully saturated rings. The van der Waals surface area contributed by atoms with Gasteiger partial charge in [0.15, 0.2) is 0 Å². The molecular weight excluding hydrogens is 296 g/mol. The number of amides is 1. The van der Waals surface area contributed by atoms with Crippen molar-refractivity contribution in [1.82, 2.24) is 9.88 Å². The van der Waals surface area contributed by atoms with Gasteiger partial charge >= 0.3 is 6.09 Å². The maximum atomic E-state index is 11.3. The summed E-state index contributed by atoms with van der Waals surface area (Å²) in [6.07, 6.45) is 7.34. The standard InChI is InChI=1S/C13H17BrN2O2/c14-12-5-11(6-15-7-12)9-16(13(17)18)8-10-3-1-2-4-10/h5-7,10H,1-4,8-9H2,(H,17,18). The molecule has 0 aromatic carbocycles. The summed E-state index contributed by atoms with van der Waals surface area (Å²) in [7, 11) is 0. The SMILES string of the molecule is O=C(O)N(Cc1cncc(Br)c1)CC1CCCC1. The van der Waals surface area contributed by atoms with Crippen LogP contribution in [0.4, 0.5) is 4.79 Å². The van der Waals surface area contributed by atoms with Crippen LogP contribution in [-0.4, -0.2) is 27.6 Å². The molecule has 0 radical (unpaired) electrons. The fourth-order valence-electron chi connectivity index (χ4n) is 2.48. The second-order valence-corrected chi connectivity index (χ2v) is 5.74. The first-order valence-electron chi connectivity index (χ1n) is 6.22. The Kier molecular flexibility index (Phi) is 4.58. The minimum absolute atomic E-state index is 0.415. The van der Waals surface area contributed by atoms with Gasteiger partial charge in [-0.2, -0.15) is 0 Å². The third-order valence-corrected chi connectivity index (χ3v) is 3.79. The monoisotopic (exact) mass is 312 g/mol. The van der Waals surface area contributed by atoms with Crippen LogP contribution < -0.4 is 0 Å². The number of hydrogen-bond donors (Lipinski definition) is 1. The quantitative estimate of drug-likeness (QED) is 0.925. The van der Waals surface area contributed by atoms with Crippen LogP contribution in [0.25, 0.3) is 0 Å². The first-order chi connectivity index (χ1) is 8.65. The topological polar surface area (TPSA) is 53.4 Å². The largest absolute Gasteiger partial charge is 0.465 e. The zero-order valence-corrected chi connectivity index (χ0v) is 11.8. The number of halogens is 1. The average Bonchev–Trinajstić information content (AvgIpc) is 2.81. The molecule has 0 saturated heterocycles. The molecule has 0 unspecified atom stereocenters. The van der Waals surface area contributed by atoms with E-state index in [2.05, 4.69) is 20.9 Å². The van der Waals surface area contributed by atoms with Gasteiger partial charge in [-0.1, -0.05) is 12.8 Å². The molecule has 5 heteroatoms. The van der Waals surface area contributed by atoms with Crippen molar-refractivity contribution in [1.29, 1.82) is 0 Å². The Morgan fingerprint density at radius 3 is 2.78 bits per heavy atom. The van der Waals surface area contributed by atoms with Gasteiger partial charge in [0, 0.05) is 23.4 Å². The van der Waals surface area contributed by atoms with E-state index in [4.69, 9.17) is 0 Å². The normalized spacial score (nSPS) is 15.8. The molecule has 0 bridgehead atoms. The number of carbonyl (C=O) groups is 1. The molecule has 2 rings (SSSR count). The molecule has 0 atom stereocenters. The van der Waals surface area contributed by atoms with Gasteiger partial charge in [-0.05, 0) is 46.3 Å². The van der Waals surface area contributed by atoms with Gasteiger partial charge in [0.05, 0.1) is 6.54 Å². The van der Waals surface area contributed by atoms with Gasteiger partial charge in [0.1, 0.15) is 0 Å². The van der Waals surface area contributed by atoms with Gasteiger partial charge < -0.3 is 10.0 Å². The van der Waals surface area contributed by atoms with E-state index in [1.807, 2.05) is 6.07 Å². The third-order valence-electron chi connectivity index (χ3n) is 3.36. The molecule has 98 valence electrons. The molecule has 18 heavy (non-hydrogen) atoms. The second-order valence-electron chi connectivity index (χ2n) is 4.82. The third kappa shape index (κ3) is 3.70. The van der Waals surface area contributed by atoms with Crippen molar-refractivity contribution in [2.45, 2.75) is 32.2 Å². The highest BCUT2D eigenvalue weighted by atomic mass is 79.9. The Balaban J connectivity index is 1.99. The predicted octanol–water partition coefficient (Wildman–Crippen LogP) is 3.51. The van der Waals surface area contributed by atoms with E-state index < -0.39 is 6.09 Å². The predicted molar refractivity (Wildman–Crippen MR) is 72.3 cm³/mol. The van der Waals surface area contributed by atoms with Crippen LogP contribution in [0.3, 0.4) is 0 Å². The van der Waals surface area contributed by atoms with Crippen LogP contribution >= 0.6 is 15.9 Å². The lowest BCUT2D eigenvalue weighted by atomic mass is 10.1. The van der Waals surface area contributed by atoms with Crippen LogP contribution in [0.1, 0.15) is 31.2 Å². The van der Waals surface area contributed by atoms with Crippen LogP contribution in [0.15, 0.2) is 22.9 Å². The van der Waals surface area contributed by atoms with Crippen LogP contribution in [0.2, 0.25) is 0 Å². The summed E-state index contributed by atoms with van der Waals surface area (Å²) in [5.74, 6) is 0.529. The summed E-state index contributed by atoms with van der Waals surface area (Å²) in [6, 6.07) is 1.91. The maximum absolute atomic E-state index is 11.3. The number of hydrogen-bond acceptors (Lipinski definition) is 2. The van der Waals surface area contributed by atoms with Crippen molar-refractivity contribution < 1.29 is 9.90 Å². The smallest absolute Gasteiger partial charge is 0.407 e. The maximum Gasteiger partial charge on any atom is 0.407 e. The number of nitrogens with zero attached hydrogens (tertiary/aromatic N) is 2. The van der Waals surface area contributed by atoms with Gasteiger partial charge in [0.25, 0.3) is 0 Å². The van der Waals surface area contributed by atoms with Gasteiger partial charge in [-0.15, -0.1) is 0 Å². The number of carboxylic acid groups (broad SMARTS) is 1. The first kappa shape index (κ1) is 13.3. The van der Waals surface area contributed by atoms with Crippen LogP contribution in [0, 0.1) is 5.92 Å². The lowest BCUT2D eigenvalue weighted by Crippen LogP contribution is -2.33. The molecule has 1 heterocycles. The Morgan fingerprint density at radius 2 is 2.17 bits per heavy atom. The van der Waals surface area contributed by atoms with Crippen LogP contribution in [-0.2, 0) is 6.54 Å². The molecule has 1 aromatic rings. The van der Waals surface area contributed by atoms with Crippen molar-refractivity contribution in [3.8, 4) is 0 Å². The Labute approximate surface area is 115 Å². The number of pyridine rings is 1. The van der Waals surface area contributed by atoms with E-state index in [9.17, 15) is 9.90 Å². The number of rotatable bonds is 4. The highest BCUT2D eigenvalue weighted by Crippen LogP contribution is 2.26. The molecule has 0 spiro atoms. The van der Waals surface area contributed by atoms with Gasteiger partial charge in [-0.25, -0.2) is 4.79 Å². The summed E-state index contributed by atoms with van der Waals surface area (Å²) in [4.78, 5) is 16.8. The summed E-state index contributed by atoms with van der Waals surface area (Å²) in [5.41, 5.74) is 0.921. The van der Waals surface area contributed by atoms with E-state index in [1.165, 1.54) is 17.7 Å². The molecule has 1 aliphatic carbocycles. The zero-order valence-electron chi connectivity index (χ0n) is 10.2. The molecular formula is C13H17BrN2O2. The summed E-state index contributed by atoms with van der Waals surface area (Å²) >= 11 is 3.35. The molecule has 4 nitrogen and oxygen atoms in total. The van der Waals surface area contributed by atoms with Crippen molar-refractivity contribution in [3.63, 3.8) is 0 Å². The lowest BCUT2D eigenvalue weighted by molar-refractivity contribution is 0.133. The van der Waals surface area contributed by atoms with Crippen molar-refractivity contribution in [2.24, 2.45) is 5.92 Å². The average molecular weight is 313 g/mol. The minimum Gasteiger partial charge on any atom is -0.465 e. The Bertz CT molecular complexity index is 419. The second kappa shape index (κ2) is 6.18. The van der Waals surface area contributed by atoms with Gasteiger partial charge in [-0.3, -0.25) is 4.98 Å². The van der Waals surface area contributed by atoms with Crippen molar-refractivity contribution in [2.75, 3.05) is 6.54 Å². The van der Waals surface area contributed by atoms with E-state index >= 15 is 0 Å². The van der Waals surface area contributed by atoms with E-state index in [1.54, 1.807) is 12.4 Å². The van der Waals surface area contributed by atoms with E-state index in [-0.39, 0.29) is 0 Å². The number of aromatic nitrogens is 1. The lowest BCUT2D eigenvalue weighted by Gasteiger charge is -2.22. The summed E-state index contributed by atoms with van der Waals surface area (Å²) < 4.78 is 0.881. The zero-order chi connectivity index (χ0) is 13.0. The fraction of sp³-hybridized carbons (Fsp3) is 0.538. The fourth-order valence-corrected chi connectivity index (χ4v) is 2.89. The Morgan fingerprint density at radius 1 is 1.44 bits per heavy atom. The molecule has 1 amide bonds. The molecule has 1 aromatic heterocycles.